The lowest BCUT2D eigenvalue weighted by atomic mass is 9.89. The van der Waals surface area contributed by atoms with Crippen LogP contribution < -0.4 is 10.6 Å². The summed E-state index contributed by atoms with van der Waals surface area (Å²) in [5, 5.41) is 4.99. The monoisotopic (exact) mass is 382 g/mol. The van der Waals surface area contributed by atoms with Gasteiger partial charge in [-0.3, -0.25) is 14.4 Å². The fourth-order valence-corrected chi connectivity index (χ4v) is 3.39. The van der Waals surface area contributed by atoms with Crippen molar-refractivity contribution >= 4 is 29.0 Å². The van der Waals surface area contributed by atoms with Gasteiger partial charge in [0.25, 0.3) is 0 Å². The summed E-state index contributed by atoms with van der Waals surface area (Å²) in [7, 11) is 0. The van der Waals surface area contributed by atoms with Crippen molar-refractivity contribution in [2.45, 2.75) is 45.4 Å². The van der Waals surface area contributed by atoms with E-state index in [1.165, 1.54) is 42.7 Å². The molecule has 0 bridgehead atoms. The number of hydrogen-bond donors (Lipinski definition) is 2. The van der Waals surface area contributed by atoms with Crippen LogP contribution in [0.4, 0.5) is 15.8 Å². The van der Waals surface area contributed by atoms with E-state index in [2.05, 4.69) is 10.6 Å². The summed E-state index contributed by atoms with van der Waals surface area (Å²) in [6.45, 7) is 1.34. The predicted octanol–water partition coefficient (Wildman–Crippen LogP) is 4.26. The molecule has 0 fully saturated rings. The third-order valence-electron chi connectivity index (χ3n) is 4.81. The largest absolute Gasteiger partial charge is 0.326 e. The summed E-state index contributed by atoms with van der Waals surface area (Å²) in [6.07, 6.45) is 4.36. The fraction of sp³-hybridized carbons (Fsp3) is 0.318. The van der Waals surface area contributed by atoms with Crippen LogP contribution in [0.3, 0.4) is 0 Å². The van der Waals surface area contributed by atoms with Gasteiger partial charge in [0.1, 0.15) is 5.82 Å². The first kappa shape index (κ1) is 19.7. The molecule has 0 saturated carbocycles. The molecule has 1 aliphatic rings. The highest BCUT2D eigenvalue weighted by molar-refractivity contribution is 6.00. The van der Waals surface area contributed by atoms with Crippen LogP contribution in [0.2, 0.25) is 0 Å². The molecule has 0 atom stereocenters. The molecule has 0 radical (unpaired) electrons. The summed E-state index contributed by atoms with van der Waals surface area (Å²) in [5.74, 6) is -1.45. The Morgan fingerprint density at radius 1 is 0.929 bits per heavy atom. The Hall–Kier alpha value is -3.02. The van der Waals surface area contributed by atoms with E-state index in [-0.39, 0.29) is 30.2 Å². The highest BCUT2D eigenvalue weighted by atomic mass is 19.1. The molecule has 5 nitrogen and oxygen atoms in total. The number of rotatable bonds is 6. The van der Waals surface area contributed by atoms with E-state index in [1.807, 2.05) is 18.2 Å². The first-order chi connectivity index (χ1) is 13.4. The fourth-order valence-electron chi connectivity index (χ4n) is 3.39. The number of nitrogens with one attached hydrogen (secondary N) is 2. The van der Waals surface area contributed by atoms with Gasteiger partial charge >= 0.3 is 0 Å². The standard InChI is InChI=1S/C22H23FN2O3/c1-14(26)24-18-8-9-19(23)20(13-18)25-22(28)11-10-21(27)17-7-6-15-4-2-3-5-16(15)12-17/h6-9,12-13H,2-5,10-11H2,1H3,(H,24,26)(H,25,28). The Morgan fingerprint density at radius 2 is 1.68 bits per heavy atom. The van der Waals surface area contributed by atoms with Crippen molar-refractivity contribution < 1.29 is 18.8 Å². The molecule has 0 aromatic heterocycles. The van der Waals surface area contributed by atoms with E-state index in [0.29, 0.717) is 11.3 Å². The predicted molar refractivity (Wildman–Crippen MR) is 106 cm³/mol. The number of fused-ring (bicyclic) bond motifs is 1. The molecule has 3 rings (SSSR count). The number of carbonyl (C=O) groups is 3. The average molecular weight is 382 g/mol. The maximum Gasteiger partial charge on any atom is 0.224 e. The van der Waals surface area contributed by atoms with Gasteiger partial charge in [-0.15, -0.1) is 0 Å². The number of aryl methyl sites for hydroxylation is 2. The minimum atomic E-state index is -0.608. The van der Waals surface area contributed by atoms with Crippen LogP contribution in [0.1, 0.15) is 54.1 Å². The van der Waals surface area contributed by atoms with Gasteiger partial charge < -0.3 is 10.6 Å². The summed E-state index contributed by atoms with van der Waals surface area (Å²) in [5.41, 5.74) is 3.49. The molecule has 2 aromatic carbocycles. The van der Waals surface area contributed by atoms with E-state index in [9.17, 15) is 18.8 Å². The zero-order valence-electron chi connectivity index (χ0n) is 15.8. The van der Waals surface area contributed by atoms with Crippen molar-refractivity contribution in [1.29, 1.82) is 0 Å². The summed E-state index contributed by atoms with van der Waals surface area (Å²) in [6, 6.07) is 9.68. The first-order valence-corrected chi connectivity index (χ1v) is 9.44. The van der Waals surface area contributed by atoms with Gasteiger partial charge in [-0.1, -0.05) is 12.1 Å². The second-order valence-corrected chi connectivity index (χ2v) is 7.04. The zero-order chi connectivity index (χ0) is 20.1. The number of carbonyl (C=O) groups excluding carboxylic acids is 3. The number of anilines is 2. The highest BCUT2D eigenvalue weighted by Gasteiger charge is 2.15. The molecule has 146 valence electrons. The van der Waals surface area contributed by atoms with E-state index >= 15 is 0 Å². The third kappa shape index (κ3) is 5.03. The van der Waals surface area contributed by atoms with Gasteiger partial charge in [0, 0.05) is 31.0 Å². The van der Waals surface area contributed by atoms with Crippen LogP contribution >= 0.6 is 0 Å². The Morgan fingerprint density at radius 3 is 2.43 bits per heavy atom. The maximum absolute atomic E-state index is 13.9. The molecular weight excluding hydrogens is 359 g/mol. The number of hydrogen-bond acceptors (Lipinski definition) is 3. The Balaban J connectivity index is 1.58. The summed E-state index contributed by atoms with van der Waals surface area (Å²) >= 11 is 0. The van der Waals surface area contributed by atoms with Crippen LogP contribution in [0, 0.1) is 5.82 Å². The Labute approximate surface area is 163 Å². The minimum absolute atomic E-state index is 0.0301. The molecule has 0 unspecified atom stereocenters. The van der Waals surface area contributed by atoms with Crippen LogP contribution in [0.25, 0.3) is 0 Å². The molecule has 0 heterocycles. The number of ketones is 1. The van der Waals surface area contributed by atoms with Crippen molar-refractivity contribution in [1.82, 2.24) is 0 Å². The first-order valence-electron chi connectivity index (χ1n) is 9.44. The third-order valence-corrected chi connectivity index (χ3v) is 4.81. The lowest BCUT2D eigenvalue weighted by Crippen LogP contribution is -2.15. The lowest BCUT2D eigenvalue weighted by molar-refractivity contribution is -0.116. The van der Waals surface area contributed by atoms with Gasteiger partial charge in [-0.2, -0.15) is 0 Å². The molecule has 2 aromatic rings. The number of amides is 2. The molecule has 0 aliphatic heterocycles. The van der Waals surface area contributed by atoms with Gasteiger partial charge in [0.15, 0.2) is 5.78 Å². The van der Waals surface area contributed by atoms with E-state index < -0.39 is 11.7 Å². The lowest BCUT2D eigenvalue weighted by Gasteiger charge is -2.16. The second-order valence-electron chi connectivity index (χ2n) is 7.04. The van der Waals surface area contributed by atoms with E-state index in [0.717, 1.165) is 19.3 Å². The quantitative estimate of drug-likeness (QED) is 0.733. The molecule has 6 heteroatoms. The topological polar surface area (TPSA) is 75.3 Å². The second kappa shape index (κ2) is 8.78. The Bertz CT molecular complexity index is 924. The number of Topliss-reactive ketones (excluding diaryl/α,β-unsaturated/α-hetero) is 1. The molecular formula is C22H23FN2O3. The van der Waals surface area contributed by atoms with Crippen LogP contribution in [-0.2, 0) is 22.4 Å². The molecule has 28 heavy (non-hydrogen) atoms. The minimum Gasteiger partial charge on any atom is -0.326 e. The number of halogens is 1. The van der Waals surface area contributed by atoms with Crippen molar-refractivity contribution in [2.75, 3.05) is 10.6 Å². The molecule has 0 spiro atoms. The van der Waals surface area contributed by atoms with Crippen LogP contribution in [0.5, 0.6) is 0 Å². The summed E-state index contributed by atoms with van der Waals surface area (Å²) < 4.78 is 13.9. The molecule has 2 amide bonds. The maximum atomic E-state index is 13.9. The molecule has 0 saturated heterocycles. The van der Waals surface area contributed by atoms with Crippen molar-refractivity contribution in [3.63, 3.8) is 0 Å². The van der Waals surface area contributed by atoms with Gasteiger partial charge in [0.05, 0.1) is 5.69 Å². The molecule has 2 N–H and O–H groups in total. The zero-order valence-corrected chi connectivity index (χ0v) is 15.8. The van der Waals surface area contributed by atoms with E-state index in [4.69, 9.17) is 0 Å². The van der Waals surface area contributed by atoms with Crippen molar-refractivity contribution in [2.24, 2.45) is 0 Å². The SMILES string of the molecule is CC(=O)Nc1ccc(F)c(NC(=O)CCC(=O)c2ccc3c(c2)CCCC3)c1. The smallest absolute Gasteiger partial charge is 0.224 e. The van der Waals surface area contributed by atoms with Crippen molar-refractivity contribution in [3.05, 3.63) is 58.9 Å². The normalized spacial score (nSPS) is 12.8. The van der Waals surface area contributed by atoms with Gasteiger partial charge in [-0.05, 0) is 61.1 Å². The summed E-state index contributed by atoms with van der Waals surface area (Å²) in [4.78, 5) is 35.7. The highest BCUT2D eigenvalue weighted by Crippen LogP contribution is 2.23. The van der Waals surface area contributed by atoms with Crippen LogP contribution in [0.15, 0.2) is 36.4 Å². The van der Waals surface area contributed by atoms with Crippen LogP contribution in [-0.4, -0.2) is 17.6 Å². The Kier molecular flexibility index (Phi) is 6.19. The van der Waals surface area contributed by atoms with Gasteiger partial charge in [0.2, 0.25) is 11.8 Å². The van der Waals surface area contributed by atoms with E-state index in [1.54, 1.807) is 0 Å². The molecule has 1 aliphatic carbocycles. The van der Waals surface area contributed by atoms with Crippen molar-refractivity contribution in [3.8, 4) is 0 Å². The average Bonchev–Trinajstić information content (AvgIpc) is 2.68. The number of benzene rings is 2. The van der Waals surface area contributed by atoms with Gasteiger partial charge in [-0.25, -0.2) is 4.39 Å².